The van der Waals surface area contributed by atoms with Crippen molar-refractivity contribution >= 4 is 37.5 Å². The molecule has 1 aromatic carbocycles. The van der Waals surface area contributed by atoms with Crippen LogP contribution >= 0.6 is 37.5 Å². The highest BCUT2D eigenvalue weighted by atomic mass is 79.9. The topological polar surface area (TPSA) is 105 Å². The molecule has 0 saturated carbocycles. The Balaban J connectivity index is 2.29. The van der Waals surface area contributed by atoms with Crippen molar-refractivity contribution in [2.24, 2.45) is 0 Å². The van der Waals surface area contributed by atoms with Crippen molar-refractivity contribution in [3.05, 3.63) is 49.0 Å². The summed E-state index contributed by atoms with van der Waals surface area (Å²) in [5, 5.41) is 18.4. The summed E-state index contributed by atoms with van der Waals surface area (Å²) in [5.41, 5.74) is 0. The van der Waals surface area contributed by atoms with Crippen LogP contribution in [0.4, 0.5) is 0 Å². The number of rotatable bonds is 10. The van der Waals surface area contributed by atoms with Crippen molar-refractivity contribution in [2.45, 2.75) is 17.4 Å². The van der Waals surface area contributed by atoms with Crippen LogP contribution in [0.1, 0.15) is 6.42 Å². The maximum atomic E-state index is 10.3. The molecule has 0 aliphatic carbocycles. The third kappa shape index (κ3) is 8.63. The van der Waals surface area contributed by atoms with Crippen LogP contribution < -0.4 is 0 Å². The Kier molecular flexibility index (Phi) is 8.23. The van der Waals surface area contributed by atoms with Gasteiger partial charge in [0.25, 0.3) is 10.2 Å². The third-order valence-corrected chi connectivity index (χ3v) is 5.04. The molecule has 0 heterocycles. The Morgan fingerprint density at radius 2 is 1.86 bits per heavy atom. The summed E-state index contributed by atoms with van der Waals surface area (Å²) in [7, 11) is 2.99. The standard InChI is InChI=1S/C10H11BrN2O6S2/c11-8-1-3-10(4-2-8)21-20-6-5-9(19-13(16)17)7-18-12(14)15/h1-4,9H,5-7H2. The maximum Gasteiger partial charge on any atom is 0.294 e. The second kappa shape index (κ2) is 9.68. The zero-order chi connectivity index (χ0) is 15.7. The molecule has 0 fully saturated rings. The van der Waals surface area contributed by atoms with Gasteiger partial charge in [0, 0.05) is 15.1 Å². The van der Waals surface area contributed by atoms with E-state index in [2.05, 4.69) is 25.6 Å². The number of benzene rings is 1. The molecule has 0 spiro atoms. The average Bonchev–Trinajstić information content (AvgIpc) is 2.42. The van der Waals surface area contributed by atoms with E-state index < -0.39 is 22.9 Å². The highest BCUT2D eigenvalue weighted by molar-refractivity contribution is 9.10. The van der Waals surface area contributed by atoms with E-state index in [4.69, 9.17) is 0 Å². The minimum Gasteiger partial charge on any atom is -0.312 e. The van der Waals surface area contributed by atoms with Crippen LogP contribution in [-0.2, 0) is 9.68 Å². The molecule has 1 rings (SSSR count). The van der Waals surface area contributed by atoms with E-state index in [-0.39, 0.29) is 6.42 Å². The minimum atomic E-state index is -1.000. The molecule has 0 saturated heterocycles. The molecule has 11 heteroatoms. The first-order valence-electron chi connectivity index (χ1n) is 5.61. The number of nitrogens with zero attached hydrogens (tertiary/aromatic N) is 2. The normalized spacial score (nSPS) is 11.7. The van der Waals surface area contributed by atoms with Crippen LogP contribution in [-0.4, -0.2) is 28.6 Å². The van der Waals surface area contributed by atoms with Gasteiger partial charge >= 0.3 is 0 Å². The van der Waals surface area contributed by atoms with Gasteiger partial charge in [0.1, 0.15) is 12.7 Å². The van der Waals surface area contributed by atoms with Gasteiger partial charge in [0.2, 0.25) is 0 Å². The van der Waals surface area contributed by atoms with E-state index in [1.165, 1.54) is 21.6 Å². The second-order valence-electron chi connectivity index (χ2n) is 3.62. The zero-order valence-electron chi connectivity index (χ0n) is 10.5. The molecule has 0 amide bonds. The second-order valence-corrected chi connectivity index (χ2v) is 7.02. The van der Waals surface area contributed by atoms with Crippen molar-refractivity contribution in [1.82, 2.24) is 0 Å². The lowest BCUT2D eigenvalue weighted by molar-refractivity contribution is -0.790. The first-order valence-corrected chi connectivity index (χ1v) is 8.72. The maximum absolute atomic E-state index is 10.3. The Bertz CT molecular complexity index is 475. The van der Waals surface area contributed by atoms with E-state index in [9.17, 15) is 20.2 Å². The van der Waals surface area contributed by atoms with Gasteiger partial charge in [-0.3, -0.25) is 0 Å². The zero-order valence-corrected chi connectivity index (χ0v) is 13.8. The van der Waals surface area contributed by atoms with Crippen LogP contribution in [0.15, 0.2) is 33.6 Å². The summed E-state index contributed by atoms with van der Waals surface area (Å²) in [6, 6.07) is 7.68. The predicted molar refractivity (Wildman–Crippen MR) is 81.9 cm³/mol. The van der Waals surface area contributed by atoms with E-state index in [0.29, 0.717) is 5.75 Å². The molecule has 0 N–H and O–H groups in total. The van der Waals surface area contributed by atoms with Crippen LogP contribution in [0.3, 0.4) is 0 Å². The first kappa shape index (κ1) is 17.9. The molecular formula is C10H11BrN2O6S2. The molecule has 8 nitrogen and oxygen atoms in total. The fourth-order valence-electron chi connectivity index (χ4n) is 1.21. The Hall–Kier alpha value is -1.20. The quantitative estimate of drug-likeness (QED) is 0.255. The van der Waals surface area contributed by atoms with Crippen molar-refractivity contribution in [2.75, 3.05) is 12.4 Å². The van der Waals surface area contributed by atoms with Crippen LogP contribution in [0.5, 0.6) is 0 Å². The summed E-state index contributed by atoms with van der Waals surface area (Å²) in [4.78, 5) is 29.8. The van der Waals surface area contributed by atoms with Crippen LogP contribution in [0.25, 0.3) is 0 Å². The molecule has 0 aliphatic heterocycles. The highest BCUT2D eigenvalue weighted by Crippen LogP contribution is 2.32. The Labute approximate surface area is 136 Å². The van der Waals surface area contributed by atoms with E-state index in [1.807, 2.05) is 24.3 Å². The minimum absolute atomic E-state index is 0.267. The SMILES string of the molecule is O=[N+]([O-])OCC(CCSSc1ccc(Br)cc1)O[N+](=O)[O-]. The number of hydrogen-bond donors (Lipinski definition) is 0. The lowest BCUT2D eigenvalue weighted by Crippen LogP contribution is -2.25. The largest absolute Gasteiger partial charge is 0.312 e. The van der Waals surface area contributed by atoms with Gasteiger partial charge in [-0.05, 0) is 30.7 Å². The molecular weight excluding hydrogens is 388 g/mol. The van der Waals surface area contributed by atoms with E-state index in [0.717, 1.165) is 9.37 Å². The summed E-state index contributed by atoms with van der Waals surface area (Å²) in [6.45, 7) is -0.461. The Morgan fingerprint density at radius 1 is 1.19 bits per heavy atom. The summed E-state index contributed by atoms with van der Waals surface area (Å²) >= 11 is 3.33. The van der Waals surface area contributed by atoms with Gasteiger partial charge in [-0.1, -0.05) is 37.5 Å². The molecule has 1 unspecified atom stereocenters. The van der Waals surface area contributed by atoms with Crippen molar-refractivity contribution < 1.29 is 19.8 Å². The molecule has 0 aromatic heterocycles. The van der Waals surface area contributed by atoms with E-state index >= 15 is 0 Å². The molecule has 0 radical (unpaired) electrons. The van der Waals surface area contributed by atoms with Gasteiger partial charge in [0.05, 0.1) is 0 Å². The van der Waals surface area contributed by atoms with E-state index in [1.54, 1.807) is 0 Å². The third-order valence-electron chi connectivity index (χ3n) is 2.09. The van der Waals surface area contributed by atoms with Crippen molar-refractivity contribution in [3.8, 4) is 0 Å². The van der Waals surface area contributed by atoms with Crippen molar-refractivity contribution in [1.29, 1.82) is 0 Å². The van der Waals surface area contributed by atoms with Gasteiger partial charge < -0.3 is 9.68 Å². The summed E-state index contributed by atoms with van der Waals surface area (Å²) < 4.78 is 0.980. The molecule has 1 aromatic rings. The Morgan fingerprint density at radius 3 is 2.43 bits per heavy atom. The molecule has 21 heavy (non-hydrogen) atoms. The summed E-state index contributed by atoms with van der Waals surface area (Å²) in [5.74, 6) is 0.528. The van der Waals surface area contributed by atoms with Crippen LogP contribution in [0.2, 0.25) is 0 Å². The molecule has 116 valence electrons. The van der Waals surface area contributed by atoms with Gasteiger partial charge in [-0.2, -0.15) is 0 Å². The smallest absolute Gasteiger partial charge is 0.294 e. The summed E-state index contributed by atoms with van der Waals surface area (Å²) in [6.07, 6.45) is -0.688. The number of hydrogen-bond acceptors (Lipinski definition) is 8. The van der Waals surface area contributed by atoms with Crippen LogP contribution in [0, 0.1) is 20.2 Å². The fourth-order valence-corrected chi connectivity index (χ4v) is 3.58. The van der Waals surface area contributed by atoms with Crippen molar-refractivity contribution in [3.63, 3.8) is 0 Å². The number of halogens is 1. The predicted octanol–water partition coefficient (Wildman–Crippen LogP) is 3.36. The lowest BCUT2D eigenvalue weighted by atomic mass is 10.3. The molecule has 1 atom stereocenters. The molecule has 0 aliphatic rings. The highest BCUT2D eigenvalue weighted by Gasteiger charge is 2.15. The van der Waals surface area contributed by atoms with Gasteiger partial charge in [-0.25, -0.2) is 0 Å². The van der Waals surface area contributed by atoms with Gasteiger partial charge in [0.15, 0.2) is 0 Å². The first-order chi connectivity index (χ1) is 9.97. The monoisotopic (exact) mass is 398 g/mol. The fraction of sp³-hybridized carbons (Fsp3) is 0.400. The van der Waals surface area contributed by atoms with Gasteiger partial charge in [-0.15, -0.1) is 20.2 Å². The average molecular weight is 399 g/mol. The lowest BCUT2D eigenvalue weighted by Gasteiger charge is -2.12. The molecule has 0 bridgehead atoms.